The summed E-state index contributed by atoms with van der Waals surface area (Å²) < 4.78 is 1.08. The molecule has 20 heavy (non-hydrogen) atoms. The van der Waals surface area contributed by atoms with Gasteiger partial charge in [-0.25, -0.2) is 4.98 Å². The fourth-order valence-corrected chi connectivity index (χ4v) is 2.78. The lowest BCUT2D eigenvalue weighted by Gasteiger charge is -2.06. The summed E-state index contributed by atoms with van der Waals surface area (Å²) in [5.41, 5.74) is 1.23. The van der Waals surface area contributed by atoms with Crippen molar-refractivity contribution in [3.63, 3.8) is 0 Å². The van der Waals surface area contributed by atoms with Crippen LogP contribution in [0.2, 0.25) is 0 Å². The van der Waals surface area contributed by atoms with E-state index in [0.717, 1.165) is 22.2 Å². The first-order chi connectivity index (χ1) is 9.58. The highest BCUT2D eigenvalue weighted by Crippen LogP contribution is 2.22. The quantitative estimate of drug-likeness (QED) is 0.861. The highest BCUT2D eigenvalue weighted by molar-refractivity contribution is 9.10. The van der Waals surface area contributed by atoms with Gasteiger partial charge in [-0.05, 0) is 24.1 Å². The van der Waals surface area contributed by atoms with Crippen molar-refractivity contribution in [3.8, 4) is 0 Å². The van der Waals surface area contributed by atoms with Gasteiger partial charge in [0.25, 0.3) is 0 Å². The molecule has 1 unspecified atom stereocenters. The fraction of sp³-hybridized carbons (Fsp3) is 0.333. The number of hydrogen-bond donors (Lipinski definition) is 1. The predicted molar refractivity (Wildman–Crippen MR) is 87.1 cm³/mol. The molecule has 1 atom stereocenters. The zero-order chi connectivity index (χ0) is 14.5. The van der Waals surface area contributed by atoms with Crippen molar-refractivity contribution in [1.29, 1.82) is 0 Å². The Labute approximate surface area is 131 Å². The molecule has 1 N–H and O–H groups in total. The van der Waals surface area contributed by atoms with E-state index in [-0.39, 0.29) is 11.8 Å². The maximum atomic E-state index is 11.8. The van der Waals surface area contributed by atoms with E-state index in [1.54, 1.807) is 0 Å². The molecule has 0 spiro atoms. The maximum absolute atomic E-state index is 11.8. The third-order valence-corrected chi connectivity index (χ3v) is 4.58. The number of carbonyl (C=O) groups is 1. The van der Waals surface area contributed by atoms with Gasteiger partial charge in [0.15, 0.2) is 5.13 Å². The molecule has 0 radical (unpaired) electrons. The van der Waals surface area contributed by atoms with Crippen molar-refractivity contribution in [2.75, 3.05) is 5.32 Å². The molecule has 0 saturated heterocycles. The van der Waals surface area contributed by atoms with Gasteiger partial charge in [0.2, 0.25) is 5.91 Å². The van der Waals surface area contributed by atoms with Crippen molar-refractivity contribution in [2.45, 2.75) is 26.7 Å². The molecule has 5 heteroatoms. The average Bonchev–Trinajstić information content (AvgIpc) is 2.87. The topological polar surface area (TPSA) is 42.0 Å². The van der Waals surface area contributed by atoms with Gasteiger partial charge in [-0.2, -0.15) is 0 Å². The maximum Gasteiger partial charge on any atom is 0.228 e. The van der Waals surface area contributed by atoms with E-state index in [4.69, 9.17) is 0 Å². The van der Waals surface area contributed by atoms with Crippen LogP contribution in [0.1, 0.15) is 30.7 Å². The smallest absolute Gasteiger partial charge is 0.228 e. The monoisotopic (exact) mass is 352 g/mol. The molecule has 0 bridgehead atoms. The van der Waals surface area contributed by atoms with Gasteiger partial charge in [-0.1, -0.05) is 41.9 Å². The van der Waals surface area contributed by atoms with Crippen LogP contribution in [-0.2, 0) is 11.2 Å². The molecule has 2 aromatic rings. The number of nitrogens with zero attached hydrogens (tertiary/aromatic N) is 1. The third-order valence-electron chi connectivity index (χ3n) is 3.14. The van der Waals surface area contributed by atoms with E-state index in [1.807, 2.05) is 32.2 Å². The van der Waals surface area contributed by atoms with Crippen molar-refractivity contribution in [1.82, 2.24) is 4.98 Å². The van der Waals surface area contributed by atoms with Crippen molar-refractivity contribution >= 4 is 38.3 Å². The van der Waals surface area contributed by atoms with E-state index >= 15 is 0 Å². The number of benzene rings is 1. The number of anilines is 1. The zero-order valence-electron chi connectivity index (χ0n) is 11.5. The largest absolute Gasteiger partial charge is 0.302 e. The van der Waals surface area contributed by atoms with Crippen molar-refractivity contribution < 1.29 is 4.79 Å². The second kappa shape index (κ2) is 6.99. The Hall–Kier alpha value is -1.20. The molecular weight excluding hydrogens is 336 g/mol. The number of nitrogens with one attached hydrogen (secondary N) is 1. The minimum Gasteiger partial charge on any atom is -0.302 e. The van der Waals surface area contributed by atoms with Crippen LogP contribution in [0.25, 0.3) is 0 Å². The lowest BCUT2D eigenvalue weighted by molar-refractivity contribution is -0.119. The molecule has 1 aromatic heterocycles. The van der Waals surface area contributed by atoms with E-state index in [1.165, 1.54) is 16.9 Å². The van der Waals surface area contributed by atoms with Gasteiger partial charge < -0.3 is 5.32 Å². The Morgan fingerprint density at radius 3 is 2.75 bits per heavy atom. The molecule has 1 aromatic carbocycles. The summed E-state index contributed by atoms with van der Waals surface area (Å²) in [7, 11) is 0. The minimum absolute atomic E-state index is 0.0221. The normalized spacial score (nSPS) is 12.2. The summed E-state index contributed by atoms with van der Waals surface area (Å²) in [6, 6.07) is 8.23. The summed E-state index contributed by atoms with van der Waals surface area (Å²) in [5.74, 6) is 0.0610. The summed E-state index contributed by atoms with van der Waals surface area (Å²) >= 11 is 4.96. The zero-order valence-corrected chi connectivity index (χ0v) is 13.9. The first-order valence-corrected chi connectivity index (χ1v) is 8.19. The molecule has 3 nitrogen and oxygen atoms in total. The number of hydrogen-bond acceptors (Lipinski definition) is 3. The van der Waals surface area contributed by atoms with Crippen LogP contribution >= 0.6 is 27.3 Å². The van der Waals surface area contributed by atoms with Gasteiger partial charge in [-0.3, -0.25) is 4.79 Å². The summed E-state index contributed by atoms with van der Waals surface area (Å²) in [6.45, 7) is 3.93. The summed E-state index contributed by atoms with van der Waals surface area (Å²) in [6.07, 6.45) is 3.51. The van der Waals surface area contributed by atoms with E-state index in [9.17, 15) is 4.79 Å². The number of aromatic nitrogens is 1. The molecule has 0 fully saturated rings. The van der Waals surface area contributed by atoms with E-state index in [2.05, 4.69) is 38.4 Å². The number of amides is 1. The van der Waals surface area contributed by atoms with Crippen LogP contribution in [0.4, 0.5) is 5.13 Å². The Morgan fingerprint density at radius 2 is 2.10 bits per heavy atom. The molecule has 1 heterocycles. The first kappa shape index (κ1) is 15.2. The van der Waals surface area contributed by atoms with Crippen molar-refractivity contribution in [3.05, 3.63) is 45.4 Å². The van der Waals surface area contributed by atoms with Crippen LogP contribution < -0.4 is 5.32 Å². The van der Waals surface area contributed by atoms with Gasteiger partial charge >= 0.3 is 0 Å². The van der Waals surface area contributed by atoms with Crippen LogP contribution in [0.5, 0.6) is 0 Å². The molecule has 106 valence electrons. The van der Waals surface area contributed by atoms with Gasteiger partial charge in [0.05, 0.1) is 0 Å². The summed E-state index contributed by atoms with van der Waals surface area (Å²) in [4.78, 5) is 17.2. The second-order valence-electron chi connectivity index (χ2n) is 4.73. The van der Waals surface area contributed by atoms with Gasteiger partial charge in [0, 0.05) is 27.9 Å². The third kappa shape index (κ3) is 4.15. The molecule has 0 aliphatic carbocycles. The second-order valence-corrected chi connectivity index (χ2v) is 6.76. The minimum atomic E-state index is 0.0221. The Kier molecular flexibility index (Phi) is 5.31. The lowest BCUT2D eigenvalue weighted by atomic mass is 10.1. The highest BCUT2D eigenvalue weighted by atomic mass is 79.9. The number of thiazole rings is 1. The van der Waals surface area contributed by atoms with Gasteiger partial charge in [0.1, 0.15) is 0 Å². The summed E-state index contributed by atoms with van der Waals surface area (Å²) in [5, 5.41) is 3.55. The Bertz CT molecular complexity index is 580. The Balaban J connectivity index is 1.98. The standard InChI is InChI=1S/C15H17BrN2OS/c1-3-10(2)14(19)18-15-17-9-13(20-15)8-11-4-6-12(16)7-5-11/h4-7,9-10H,3,8H2,1-2H3,(H,17,18,19). The molecule has 2 rings (SSSR count). The Morgan fingerprint density at radius 1 is 1.40 bits per heavy atom. The predicted octanol–water partition coefficient (Wildman–Crippen LogP) is 4.48. The number of halogens is 1. The molecular formula is C15H17BrN2OS. The molecule has 0 aliphatic heterocycles. The molecule has 0 aliphatic rings. The number of rotatable bonds is 5. The van der Waals surface area contributed by atoms with Crippen LogP contribution in [-0.4, -0.2) is 10.9 Å². The van der Waals surface area contributed by atoms with E-state index < -0.39 is 0 Å². The van der Waals surface area contributed by atoms with Crippen molar-refractivity contribution in [2.24, 2.45) is 5.92 Å². The van der Waals surface area contributed by atoms with Crippen LogP contribution in [0, 0.1) is 5.92 Å². The number of carbonyl (C=O) groups excluding carboxylic acids is 1. The fourth-order valence-electron chi connectivity index (χ4n) is 1.66. The lowest BCUT2D eigenvalue weighted by Crippen LogP contribution is -2.19. The van der Waals surface area contributed by atoms with E-state index in [0.29, 0.717) is 5.13 Å². The van der Waals surface area contributed by atoms with Crippen LogP contribution in [0.3, 0.4) is 0 Å². The average molecular weight is 353 g/mol. The van der Waals surface area contributed by atoms with Crippen LogP contribution in [0.15, 0.2) is 34.9 Å². The first-order valence-electron chi connectivity index (χ1n) is 6.58. The SMILES string of the molecule is CCC(C)C(=O)Nc1ncc(Cc2ccc(Br)cc2)s1. The highest BCUT2D eigenvalue weighted by Gasteiger charge is 2.12. The molecule has 1 amide bonds. The van der Waals surface area contributed by atoms with Gasteiger partial charge in [-0.15, -0.1) is 11.3 Å². The molecule has 0 saturated carbocycles.